The highest BCUT2D eigenvalue weighted by atomic mass is 28.4. The molecule has 0 radical (unpaired) electrons. The molecule has 1 aliphatic carbocycles. The molecule has 398 valence electrons. The zero-order chi connectivity index (χ0) is 53.4. The summed E-state index contributed by atoms with van der Waals surface area (Å²) in [5.41, 5.74) is -4.25. The fraction of sp³-hybridized carbons (Fsp3) is 0.527. The molecule has 3 fully saturated rings. The molecule has 3 aromatic carbocycles. The van der Waals surface area contributed by atoms with Gasteiger partial charge in [0.1, 0.15) is 45.6 Å². The lowest BCUT2D eigenvalue weighted by Crippen LogP contribution is -2.65. The van der Waals surface area contributed by atoms with Crippen molar-refractivity contribution in [1.29, 1.82) is 0 Å². The topological polar surface area (TPSA) is 121 Å². The molecule has 9 rings (SSSR count). The van der Waals surface area contributed by atoms with Crippen molar-refractivity contribution in [3.05, 3.63) is 88.5 Å². The Kier molecular flexibility index (Phi) is 13.8. The number of halogens is 5. The molecular weight excluding hydrogens is 980 g/mol. The first-order chi connectivity index (χ1) is 34.7. The van der Waals surface area contributed by atoms with E-state index in [4.69, 9.17) is 33.1 Å². The lowest BCUT2D eigenvalue weighted by Gasteiger charge is -2.48. The highest BCUT2D eigenvalue weighted by Gasteiger charge is 2.54. The molecule has 74 heavy (non-hydrogen) atoms. The Hall–Kier alpha value is -5.95. The molecule has 13 nitrogen and oxygen atoms in total. The minimum Gasteiger partial charge on any atom is -0.497 e. The maximum atomic E-state index is 18.2. The van der Waals surface area contributed by atoms with Gasteiger partial charge >= 0.3 is 18.3 Å². The number of nitrogens with zero attached hydrogens (tertiary/aromatic N) is 6. The number of alkyl halides is 3. The third kappa shape index (κ3) is 10.3. The fourth-order valence-corrected chi connectivity index (χ4v) is 11.3. The van der Waals surface area contributed by atoms with Gasteiger partial charge in [-0.25, -0.2) is 18.6 Å². The summed E-state index contributed by atoms with van der Waals surface area (Å²) < 4.78 is 120. The summed E-state index contributed by atoms with van der Waals surface area (Å²) in [5.74, 6) is -1.61. The van der Waals surface area contributed by atoms with Gasteiger partial charge < -0.3 is 37.9 Å². The Morgan fingerprint density at radius 1 is 0.865 bits per heavy atom. The highest BCUT2D eigenvalue weighted by Crippen LogP contribution is 2.52. The number of methoxy groups -OCH3 is 2. The quantitative estimate of drug-likeness (QED) is 0.0777. The van der Waals surface area contributed by atoms with Crippen molar-refractivity contribution in [2.24, 2.45) is 5.41 Å². The van der Waals surface area contributed by atoms with Crippen molar-refractivity contribution in [2.45, 2.75) is 148 Å². The van der Waals surface area contributed by atoms with Crippen LogP contribution < -0.4 is 28.7 Å². The van der Waals surface area contributed by atoms with Crippen LogP contribution in [0, 0.1) is 24.0 Å². The zero-order valence-electron chi connectivity index (χ0n) is 44.3. The number of piperazine rings is 1. The molecule has 5 aromatic rings. The van der Waals surface area contributed by atoms with E-state index in [1.54, 1.807) is 86.0 Å². The van der Waals surface area contributed by atoms with E-state index in [2.05, 4.69) is 43.8 Å². The molecule has 5 heterocycles. The number of pyridine rings is 1. The summed E-state index contributed by atoms with van der Waals surface area (Å²) in [5, 5.41) is -0.0478. The standard InChI is InChI=1S/C55H67F5N6O7Si/c1-31-25-39(64(26-33-13-18-36(68-9)19-14-33)27-34-15-20-37(69-10)21-16-34)43(56)40(42(31)55(58,59)60)45-44(57)46-41-48(63-50(62-46)70-29-54(23-24-54)30-71-74(11,12)53(6,7)8)65-28-35-17-22-38(47(65)32(2)72-49(41)61-45)66(35)51(67)73-52(3,4)5/h13-16,18-21,25,32,35,38,47H,17,22-24,26-30H2,1-12H3/t32-,35+,38-,47+/m0/s1. The van der Waals surface area contributed by atoms with Gasteiger partial charge in [0.2, 0.25) is 5.88 Å². The Balaban J connectivity index is 1.21. The van der Waals surface area contributed by atoms with Crippen LogP contribution in [-0.4, -0.2) is 98.1 Å². The number of aromatic nitrogens is 3. The van der Waals surface area contributed by atoms with Gasteiger partial charge in [0.05, 0.1) is 55.8 Å². The van der Waals surface area contributed by atoms with Crippen LogP contribution in [0.2, 0.25) is 18.1 Å². The van der Waals surface area contributed by atoms with E-state index >= 15 is 22.0 Å². The molecule has 0 N–H and O–H groups in total. The second-order valence-corrected chi connectivity index (χ2v) is 27.8. The summed E-state index contributed by atoms with van der Waals surface area (Å²) in [6, 6.07) is 13.6. The SMILES string of the molecule is COc1ccc(CN(Cc2ccc(OC)cc2)c2cc(C)c(C(F)(F)F)c(-c3nc4c5c(nc(OCC6(CO[Si](C)(C)C(C)(C)C)CC6)nc5c3F)N3C[C@H]5CC[C@@H]([C@H]3[C@H](C)O4)N5C(=O)OC(C)(C)C)c2F)cc1. The van der Waals surface area contributed by atoms with Gasteiger partial charge in [-0.3, -0.25) is 4.90 Å². The summed E-state index contributed by atoms with van der Waals surface area (Å²) in [6.07, 6.45) is -3.66. The van der Waals surface area contributed by atoms with Gasteiger partial charge in [-0.1, -0.05) is 45.0 Å². The number of amides is 1. The van der Waals surface area contributed by atoms with Crippen LogP contribution in [0.15, 0.2) is 54.6 Å². The number of fused-ring (bicyclic) bond motifs is 5. The third-order valence-electron chi connectivity index (χ3n) is 15.5. The lowest BCUT2D eigenvalue weighted by atomic mass is 9.95. The minimum absolute atomic E-state index is 0.0112. The van der Waals surface area contributed by atoms with E-state index in [0.29, 0.717) is 42.1 Å². The van der Waals surface area contributed by atoms with Crippen molar-refractivity contribution in [1.82, 2.24) is 19.9 Å². The van der Waals surface area contributed by atoms with Crippen LogP contribution >= 0.6 is 0 Å². The second-order valence-electron chi connectivity index (χ2n) is 22.9. The minimum atomic E-state index is -5.18. The number of hydrogen-bond acceptors (Lipinski definition) is 12. The number of anilines is 2. The number of hydrogen-bond donors (Lipinski definition) is 0. The largest absolute Gasteiger partial charge is 0.497 e. The molecule has 2 aromatic heterocycles. The van der Waals surface area contributed by atoms with E-state index in [1.807, 2.05) is 4.90 Å². The molecule has 2 saturated heterocycles. The van der Waals surface area contributed by atoms with Gasteiger partial charge in [-0.15, -0.1) is 0 Å². The van der Waals surface area contributed by atoms with E-state index in [0.717, 1.165) is 18.9 Å². The van der Waals surface area contributed by atoms with Crippen LogP contribution in [0.5, 0.6) is 23.4 Å². The fourth-order valence-electron chi connectivity index (χ4n) is 10.2. The van der Waals surface area contributed by atoms with Crippen molar-refractivity contribution in [3.8, 4) is 34.6 Å². The van der Waals surface area contributed by atoms with Gasteiger partial charge in [0, 0.05) is 31.7 Å². The van der Waals surface area contributed by atoms with Crippen LogP contribution in [0.1, 0.15) is 96.4 Å². The predicted octanol–water partition coefficient (Wildman–Crippen LogP) is 12.4. The molecule has 4 atom stereocenters. The van der Waals surface area contributed by atoms with Gasteiger partial charge in [0.25, 0.3) is 0 Å². The zero-order valence-corrected chi connectivity index (χ0v) is 45.3. The highest BCUT2D eigenvalue weighted by molar-refractivity contribution is 6.74. The maximum absolute atomic E-state index is 18.2. The van der Waals surface area contributed by atoms with Crippen molar-refractivity contribution >= 4 is 36.8 Å². The number of aryl methyl sites for hydroxylation is 1. The van der Waals surface area contributed by atoms with E-state index < -0.39 is 78.3 Å². The summed E-state index contributed by atoms with van der Waals surface area (Å²) in [7, 11) is 0.902. The maximum Gasteiger partial charge on any atom is 0.417 e. The average Bonchev–Trinajstić information content (AvgIpc) is 4.06. The lowest BCUT2D eigenvalue weighted by molar-refractivity contribution is -0.137. The molecule has 1 saturated carbocycles. The molecule has 4 aliphatic rings. The first kappa shape index (κ1) is 52.9. The number of ether oxygens (including phenoxy) is 5. The molecular formula is C55H67F5N6O7Si. The first-order valence-corrected chi connectivity index (χ1v) is 28.2. The molecule has 0 unspecified atom stereocenters. The average molecular weight is 1050 g/mol. The number of carbonyl (C=O) groups excluding carboxylic acids is 1. The molecule has 1 amide bonds. The number of rotatable bonds is 14. The van der Waals surface area contributed by atoms with Crippen LogP contribution in [0.3, 0.4) is 0 Å². The molecule has 3 aliphatic heterocycles. The van der Waals surface area contributed by atoms with Crippen LogP contribution in [-0.2, 0) is 28.4 Å². The monoisotopic (exact) mass is 1050 g/mol. The van der Waals surface area contributed by atoms with Gasteiger partial charge in [-0.2, -0.15) is 23.1 Å². The molecule has 2 bridgehead atoms. The normalized spacial score (nSPS) is 20.2. The summed E-state index contributed by atoms with van der Waals surface area (Å²) in [4.78, 5) is 33.3. The summed E-state index contributed by atoms with van der Waals surface area (Å²) >= 11 is 0. The van der Waals surface area contributed by atoms with Gasteiger partial charge in [0.15, 0.2) is 20.0 Å². The molecule has 0 spiro atoms. The van der Waals surface area contributed by atoms with Crippen molar-refractivity contribution in [3.63, 3.8) is 0 Å². The number of carbonyl (C=O) groups is 1. The smallest absolute Gasteiger partial charge is 0.417 e. The Bertz CT molecular complexity index is 2880. The third-order valence-corrected chi connectivity index (χ3v) is 19.9. The second kappa shape index (κ2) is 19.3. The van der Waals surface area contributed by atoms with Crippen molar-refractivity contribution in [2.75, 3.05) is 43.8 Å². The van der Waals surface area contributed by atoms with Crippen molar-refractivity contribution < 1.29 is 54.9 Å². The van der Waals surface area contributed by atoms with E-state index in [-0.39, 0.29) is 77.1 Å². The van der Waals surface area contributed by atoms with E-state index in [1.165, 1.54) is 21.1 Å². The number of benzene rings is 3. The van der Waals surface area contributed by atoms with Crippen LogP contribution in [0.4, 0.5) is 38.3 Å². The van der Waals surface area contributed by atoms with E-state index in [9.17, 15) is 4.79 Å². The molecule has 19 heteroatoms. The first-order valence-electron chi connectivity index (χ1n) is 25.3. The Morgan fingerprint density at radius 3 is 2.01 bits per heavy atom. The Morgan fingerprint density at radius 2 is 1.47 bits per heavy atom. The summed E-state index contributed by atoms with van der Waals surface area (Å²) in [6.45, 7) is 20.1. The Labute approximate surface area is 430 Å². The van der Waals surface area contributed by atoms with Crippen LogP contribution in [0.25, 0.3) is 22.2 Å². The van der Waals surface area contributed by atoms with Gasteiger partial charge in [-0.05, 0) is 125 Å². The predicted molar refractivity (Wildman–Crippen MR) is 275 cm³/mol.